The molecule has 1 aromatic rings. The molecule has 2 N–H and O–H groups in total. The van der Waals surface area contributed by atoms with Crippen LogP contribution in [0.1, 0.15) is 36.5 Å². The number of ether oxygens (including phenoxy) is 1. The predicted octanol–water partition coefficient (Wildman–Crippen LogP) is 0.525. The van der Waals surface area contributed by atoms with Gasteiger partial charge in [-0.05, 0) is 26.9 Å². The van der Waals surface area contributed by atoms with Crippen molar-refractivity contribution in [3.05, 3.63) is 11.7 Å². The molecule has 6 heteroatoms. The summed E-state index contributed by atoms with van der Waals surface area (Å²) in [5.41, 5.74) is 5.99. The fourth-order valence-corrected chi connectivity index (χ4v) is 1.98. The molecule has 2 rings (SSSR count). The Morgan fingerprint density at radius 3 is 2.76 bits per heavy atom. The van der Waals surface area contributed by atoms with Crippen molar-refractivity contribution in [3.63, 3.8) is 0 Å². The van der Waals surface area contributed by atoms with Gasteiger partial charge in [-0.15, -0.1) is 0 Å². The highest BCUT2D eigenvalue weighted by molar-refractivity contribution is 4.99. The van der Waals surface area contributed by atoms with Crippen molar-refractivity contribution >= 4 is 0 Å². The molecule has 1 atom stereocenters. The van der Waals surface area contributed by atoms with E-state index in [1.54, 1.807) is 0 Å². The Balaban J connectivity index is 1.99. The lowest BCUT2D eigenvalue weighted by Crippen LogP contribution is -2.27. The fraction of sp³-hybridized carbons (Fsp3) is 0.818. The molecule has 1 saturated heterocycles. The van der Waals surface area contributed by atoms with E-state index >= 15 is 0 Å². The van der Waals surface area contributed by atoms with Crippen LogP contribution in [-0.4, -0.2) is 48.9 Å². The van der Waals surface area contributed by atoms with Crippen LogP contribution in [0.25, 0.3) is 0 Å². The Morgan fingerprint density at radius 2 is 2.12 bits per heavy atom. The Hall–Kier alpha value is -0.980. The maximum atomic E-state index is 5.99. The minimum atomic E-state index is -0.192. The first kappa shape index (κ1) is 12.5. The summed E-state index contributed by atoms with van der Waals surface area (Å²) in [5, 5.41) is 3.97. The molecule has 0 aromatic carbocycles. The van der Waals surface area contributed by atoms with E-state index < -0.39 is 0 Å². The molecule has 1 aromatic heterocycles. The van der Waals surface area contributed by atoms with Crippen molar-refractivity contribution in [1.82, 2.24) is 15.0 Å². The van der Waals surface area contributed by atoms with Crippen molar-refractivity contribution in [2.45, 2.75) is 24.8 Å². The SMILES string of the molecule is CN(C)CC(N)c1noc(C2CCOCC2)n1. The maximum absolute atomic E-state index is 5.99. The third-order valence-corrected chi connectivity index (χ3v) is 2.92. The number of aromatic nitrogens is 2. The molecular formula is C11H20N4O2. The van der Waals surface area contributed by atoms with E-state index in [4.69, 9.17) is 15.0 Å². The number of nitrogens with two attached hydrogens (primary N) is 1. The van der Waals surface area contributed by atoms with Gasteiger partial charge in [0.05, 0.1) is 6.04 Å². The van der Waals surface area contributed by atoms with Crippen LogP contribution < -0.4 is 5.73 Å². The summed E-state index contributed by atoms with van der Waals surface area (Å²) < 4.78 is 10.6. The zero-order valence-electron chi connectivity index (χ0n) is 10.4. The molecule has 6 nitrogen and oxygen atoms in total. The van der Waals surface area contributed by atoms with Gasteiger partial charge in [0.1, 0.15) is 0 Å². The Morgan fingerprint density at radius 1 is 1.41 bits per heavy atom. The van der Waals surface area contributed by atoms with Crippen molar-refractivity contribution in [1.29, 1.82) is 0 Å². The smallest absolute Gasteiger partial charge is 0.229 e. The van der Waals surface area contributed by atoms with Crippen LogP contribution in [0.4, 0.5) is 0 Å². The van der Waals surface area contributed by atoms with Crippen LogP contribution in [0.15, 0.2) is 4.52 Å². The van der Waals surface area contributed by atoms with E-state index in [2.05, 4.69) is 10.1 Å². The second-order valence-electron chi connectivity index (χ2n) is 4.75. The first-order valence-corrected chi connectivity index (χ1v) is 5.98. The van der Waals surface area contributed by atoms with Crippen LogP contribution in [0.5, 0.6) is 0 Å². The van der Waals surface area contributed by atoms with Crippen molar-refractivity contribution < 1.29 is 9.26 Å². The van der Waals surface area contributed by atoms with Gasteiger partial charge >= 0.3 is 0 Å². The van der Waals surface area contributed by atoms with E-state index in [1.165, 1.54) is 0 Å². The molecule has 1 aliphatic rings. The Bertz CT molecular complexity index is 347. The molecule has 0 radical (unpaired) electrons. The van der Waals surface area contributed by atoms with Gasteiger partial charge in [0.25, 0.3) is 0 Å². The highest BCUT2D eigenvalue weighted by atomic mass is 16.5. The number of likely N-dealkylation sites (N-methyl/N-ethyl adjacent to an activating group) is 1. The van der Waals surface area contributed by atoms with Crippen LogP contribution in [0.2, 0.25) is 0 Å². The van der Waals surface area contributed by atoms with Gasteiger partial charge < -0.3 is 19.9 Å². The van der Waals surface area contributed by atoms with Crippen LogP contribution in [0.3, 0.4) is 0 Å². The normalized spacial score (nSPS) is 19.8. The summed E-state index contributed by atoms with van der Waals surface area (Å²) in [6, 6.07) is -0.192. The molecule has 1 fully saturated rings. The molecule has 0 saturated carbocycles. The summed E-state index contributed by atoms with van der Waals surface area (Å²) in [6.07, 6.45) is 1.90. The molecular weight excluding hydrogens is 220 g/mol. The zero-order valence-corrected chi connectivity index (χ0v) is 10.4. The van der Waals surface area contributed by atoms with E-state index in [9.17, 15) is 0 Å². The van der Waals surface area contributed by atoms with E-state index in [0.717, 1.165) is 26.1 Å². The highest BCUT2D eigenvalue weighted by Gasteiger charge is 2.23. The summed E-state index contributed by atoms with van der Waals surface area (Å²) in [4.78, 5) is 6.41. The molecule has 1 aliphatic heterocycles. The van der Waals surface area contributed by atoms with Gasteiger partial charge in [0, 0.05) is 25.7 Å². The van der Waals surface area contributed by atoms with Crippen LogP contribution >= 0.6 is 0 Å². The monoisotopic (exact) mass is 240 g/mol. The molecule has 0 aliphatic carbocycles. The first-order valence-electron chi connectivity index (χ1n) is 5.98. The number of hydrogen-bond donors (Lipinski definition) is 1. The van der Waals surface area contributed by atoms with Crippen molar-refractivity contribution in [2.75, 3.05) is 33.9 Å². The van der Waals surface area contributed by atoms with E-state index in [0.29, 0.717) is 24.2 Å². The topological polar surface area (TPSA) is 77.4 Å². The van der Waals surface area contributed by atoms with Crippen molar-refractivity contribution in [2.24, 2.45) is 5.73 Å². The molecule has 1 unspecified atom stereocenters. The van der Waals surface area contributed by atoms with Gasteiger partial charge in [0.2, 0.25) is 5.89 Å². The summed E-state index contributed by atoms with van der Waals surface area (Å²) in [5.74, 6) is 1.63. The van der Waals surface area contributed by atoms with Gasteiger partial charge in [-0.3, -0.25) is 0 Å². The minimum Gasteiger partial charge on any atom is -0.381 e. The quantitative estimate of drug-likeness (QED) is 0.827. The number of hydrogen-bond acceptors (Lipinski definition) is 6. The van der Waals surface area contributed by atoms with E-state index in [-0.39, 0.29) is 6.04 Å². The summed E-state index contributed by atoms with van der Waals surface area (Å²) in [6.45, 7) is 2.25. The van der Waals surface area contributed by atoms with Gasteiger partial charge in [-0.2, -0.15) is 4.98 Å². The number of rotatable bonds is 4. The van der Waals surface area contributed by atoms with E-state index in [1.807, 2.05) is 19.0 Å². The van der Waals surface area contributed by atoms with Gasteiger partial charge in [0.15, 0.2) is 5.82 Å². The zero-order chi connectivity index (χ0) is 12.3. The average molecular weight is 240 g/mol. The Labute approximate surface area is 101 Å². The average Bonchev–Trinajstić information content (AvgIpc) is 2.78. The molecule has 96 valence electrons. The summed E-state index contributed by atoms with van der Waals surface area (Å²) in [7, 11) is 3.94. The lowest BCUT2D eigenvalue weighted by molar-refractivity contribution is 0.0778. The largest absolute Gasteiger partial charge is 0.381 e. The molecule has 0 amide bonds. The minimum absolute atomic E-state index is 0.192. The molecule has 0 spiro atoms. The van der Waals surface area contributed by atoms with Crippen LogP contribution in [0, 0.1) is 0 Å². The highest BCUT2D eigenvalue weighted by Crippen LogP contribution is 2.25. The predicted molar refractivity (Wildman–Crippen MR) is 62.6 cm³/mol. The van der Waals surface area contributed by atoms with Gasteiger partial charge in [-0.25, -0.2) is 0 Å². The van der Waals surface area contributed by atoms with Crippen molar-refractivity contribution in [3.8, 4) is 0 Å². The third-order valence-electron chi connectivity index (χ3n) is 2.92. The number of nitrogens with zero attached hydrogens (tertiary/aromatic N) is 3. The lowest BCUT2D eigenvalue weighted by atomic mass is 10.0. The lowest BCUT2D eigenvalue weighted by Gasteiger charge is -2.18. The van der Waals surface area contributed by atoms with Crippen LogP contribution in [-0.2, 0) is 4.74 Å². The second kappa shape index (κ2) is 5.57. The third kappa shape index (κ3) is 3.24. The maximum Gasteiger partial charge on any atom is 0.229 e. The molecule has 17 heavy (non-hydrogen) atoms. The summed E-state index contributed by atoms with van der Waals surface area (Å²) >= 11 is 0. The standard InChI is InChI=1S/C11H20N4O2/c1-15(2)7-9(12)10-13-11(17-14-10)8-3-5-16-6-4-8/h8-9H,3-7,12H2,1-2H3. The first-order chi connectivity index (χ1) is 8.16. The Kier molecular flexibility index (Phi) is 4.09. The second-order valence-corrected chi connectivity index (χ2v) is 4.75. The fourth-order valence-electron chi connectivity index (χ4n) is 1.98. The van der Waals surface area contributed by atoms with Gasteiger partial charge in [-0.1, -0.05) is 5.16 Å². The molecule has 0 bridgehead atoms. The molecule has 2 heterocycles.